The highest BCUT2D eigenvalue weighted by atomic mass is 32.1. The minimum absolute atomic E-state index is 0.0162. The summed E-state index contributed by atoms with van der Waals surface area (Å²) < 4.78 is 10.3. The first-order valence-electron chi connectivity index (χ1n) is 11.8. The number of amides is 1. The molecule has 0 spiro atoms. The van der Waals surface area contributed by atoms with Gasteiger partial charge in [-0.15, -0.1) is 11.3 Å². The number of carbonyl (C=O) groups excluding carboxylic acids is 2. The first-order chi connectivity index (χ1) is 17.4. The number of carbonyl (C=O) groups is 2. The molecule has 0 saturated heterocycles. The number of fused-ring (bicyclic) bond motifs is 1. The lowest BCUT2D eigenvalue weighted by Crippen LogP contribution is -2.49. The number of hydrogen-bond acceptors (Lipinski definition) is 10. The maximum atomic E-state index is 12.7. The van der Waals surface area contributed by atoms with Crippen LogP contribution < -0.4 is 10.6 Å². The summed E-state index contributed by atoms with van der Waals surface area (Å²) in [6.07, 6.45) is 4.02. The quantitative estimate of drug-likeness (QED) is 0.336. The average molecular weight is 507 g/mol. The fourth-order valence-corrected chi connectivity index (χ4v) is 4.94. The maximum absolute atomic E-state index is 12.7. The van der Waals surface area contributed by atoms with Crippen LogP contribution in [0.25, 0.3) is 22.2 Å². The third-order valence-electron chi connectivity index (χ3n) is 5.98. The number of aryl methyl sites for hydroxylation is 2. The highest BCUT2D eigenvalue weighted by Crippen LogP contribution is 2.30. The van der Waals surface area contributed by atoms with Gasteiger partial charge in [-0.25, -0.2) is 14.8 Å². The van der Waals surface area contributed by atoms with E-state index in [9.17, 15) is 9.59 Å². The number of nitrogens with zero attached hydrogens (tertiary/aromatic N) is 4. The number of hydrogen-bond donors (Lipinski definition) is 2. The van der Waals surface area contributed by atoms with E-state index in [1.165, 1.54) is 0 Å². The smallest absolute Gasteiger partial charge is 0.350 e. The second-order valence-electron chi connectivity index (χ2n) is 8.78. The van der Waals surface area contributed by atoms with Gasteiger partial charge in [0, 0.05) is 36.2 Å². The number of benzene rings is 1. The molecule has 0 atom stereocenters. The van der Waals surface area contributed by atoms with E-state index < -0.39 is 5.97 Å². The predicted octanol–water partition coefficient (Wildman–Crippen LogP) is 4.30. The third kappa shape index (κ3) is 4.92. The summed E-state index contributed by atoms with van der Waals surface area (Å²) in [7, 11) is 0. The molecular weight excluding hydrogens is 480 g/mol. The highest BCUT2D eigenvalue weighted by Gasteiger charge is 2.32. The topological polar surface area (TPSA) is 132 Å². The molecule has 1 saturated carbocycles. The Morgan fingerprint density at radius 2 is 2.00 bits per heavy atom. The molecule has 0 radical (unpaired) electrons. The summed E-state index contributed by atoms with van der Waals surface area (Å²) in [6.45, 7) is 5.74. The largest absolute Gasteiger partial charge is 0.461 e. The van der Waals surface area contributed by atoms with Crippen LogP contribution in [-0.4, -0.2) is 50.7 Å². The van der Waals surface area contributed by atoms with E-state index in [1.54, 1.807) is 20.0 Å². The van der Waals surface area contributed by atoms with E-state index in [0.29, 0.717) is 28.9 Å². The van der Waals surface area contributed by atoms with Gasteiger partial charge in [0.2, 0.25) is 11.7 Å². The molecule has 0 bridgehead atoms. The van der Waals surface area contributed by atoms with Crippen molar-refractivity contribution in [2.75, 3.05) is 11.9 Å². The number of nitrogens with one attached hydrogen (secondary N) is 2. The molecule has 1 aliphatic carbocycles. The van der Waals surface area contributed by atoms with Gasteiger partial charge < -0.3 is 19.9 Å². The third-order valence-corrected chi connectivity index (χ3v) is 7.12. The molecule has 1 aliphatic rings. The van der Waals surface area contributed by atoms with Gasteiger partial charge in [-0.3, -0.25) is 4.79 Å². The molecule has 36 heavy (non-hydrogen) atoms. The Bertz CT molecular complexity index is 1430. The number of rotatable bonds is 8. The summed E-state index contributed by atoms with van der Waals surface area (Å²) in [5, 5.41) is 12.8. The summed E-state index contributed by atoms with van der Waals surface area (Å²) in [6, 6.07) is 8.11. The Morgan fingerprint density at radius 3 is 2.75 bits per heavy atom. The molecule has 0 aliphatic heterocycles. The van der Waals surface area contributed by atoms with Gasteiger partial charge >= 0.3 is 5.97 Å². The number of ether oxygens (including phenoxy) is 1. The molecule has 186 valence electrons. The number of esters is 1. The first-order valence-corrected chi connectivity index (χ1v) is 12.6. The molecule has 0 unspecified atom stereocenters. The first kappa shape index (κ1) is 23.9. The Kier molecular flexibility index (Phi) is 6.64. The normalized spacial score (nSPS) is 17.0. The van der Waals surface area contributed by atoms with Gasteiger partial charge in [-0.1, -0.05) is 24.2 Å². The van der Waals surface area contributed by atoms with Crippen LogP contribution in [0.5, 0.6) is 0 Å². The van der Waals surface area contributed by atoms with Crippen molar-refractivity contribution in [2.24, 2.45) is 0 Å². The molecule has 4 aromatic rings. The van der Waals surface area contributed by atoms with E-state index in [4.69, 9.17) is 9.26 Å². The zero-order chi connectivity index (χ0) is 25.2. The lowest BCUT2D eigenvalue weighted by atomic mass is 9.86. The van der Waals surface area contributed by atoms with Crippen LogP contribution in [-0.2, 0) is 4.74 Å². The van der Waals surface area contributed by atoms with E-state index >= 15 is 0 Å². The number of thiazole rings is 1. The lowest BCUT2D eigenvalue weighted by molar-refractivity contribution is 0.0509. The SMILES string of the molecule is CCCOC(=O)c1sc(C(=O)N[C@H]2C[C@@H](Nc3nccc4ccc(-c5noc(C)n5)cc34)C2)nc1C. The molecule has 1 fully saturated rings. The molecular formula is C25H26N6O4S. The minimum atomic E-state index is -0.431. The van der Waals surface area contributed by atoms with Gasteiger partial charge in [0.15, 0.2) is 5.01 Å². The molecule has 3 heterocycles. The van der Waals surface area contributed by atoms with Crippen LogP contribution in [0.3, 0.4) is 0 Å². The highest BCUT2D eigenvalue weighted by molar-refractivity contribution is 7.15. The van der Waals surface area contributed by atoms with Gasteiger partial charge in [-0.2, -0.15) is 4.98 Å². The summed E-state index contributed by atoms with van der Waals surface area (Å²) in [4.78, 5) is 38.3. The minimum Gasteiger partial charge on any atom is -0.461 e. The zero-order valence-corrected chi connectivity index (χ0v) is 21.0. The predicted molar refractivity (Wildman–Crippen MR) is 135 cm³/mol. The van der Waals surface area contributed by atoms with Crippen molar-refractivity contribution in [1.29, 1.82) is 0 Å². The second kappa shape index (κ2) is 10.0. The van der Waals surface area contributed by atoms with Crippen LogP contribution in [0, 0.1) is 13.8 Å². The van der Waals surface area contributed by atoms with Gasteiger partial charge in [0.1, 0.15) is 10.7 Å². The molecule has 2 N–H and O–H groups in total. The van der Waals surface area contributed by atoms with Crippen LogP contribution in [0.4, 0.5) is 5.82 Å². The van der Waals surface area contributed by atoms with Crippen molar-refractivity contribution in [3.8, 4) is 11.4 Å². The fourth-order valence-electron chi connectivity index (χ4n) is 4.08. The Balaban J connectivity index is 1.21. The molecule has 1 amide bonds. The van der Waals surface area contributed by atoms with Crippen LogP contribution in [0.1, 0.15) is 57.2 Å². The van der Waals surface area contributed by atoms with Gasteiger partial charge in [0.05, 0.1) is 12.3 Å². The standard InChI is InChI=1S/C25H26N6O4S/c1-4-9-34-25(33)20-13(2)27-24(36-20)23(32)30-18-11-17(12-18)29-22-19-10-16(21-28-14(3)35-31-21)6-5-15(19)7-8-26-22/h5-8,10,17-18H,4,9,11-12H2,1-3H3,(H,26,29)(H,30,32)/t17-,18+. The van der Waals surface area contributed by atoms with E-state index in [0.717, 1.165) is 52.8 Å². The molecule has 5 rings (SSSR count). The second-order valence-corrected chi connectivity index (χ2v) is 9.78. The Morgan fingerprint density at radius 1 is 1.17 bits per heavy atom. The Labute approximate surface area is 211 Å². The molecule has 3 aromatic heterocycles. The maximum Gasteiger partial charge on any atom is 0.350 e. The summed E-state index contributed by atoms with van der Waals surface area (Å²) >= 11 is 1.07. The van der Waals surface area contributed by atoms with Crippen molar-refractivity contribution in [3.63, 3.8) is 0 Å². The Hall–Kier alpha value is -3.86. The van der Waals surface area contributed by atoms with Crippen LogP contribution in [0.15, 0.2) is 35.0 Å². The van der Waals surface area contributed by atoms with E-state index in [1.807, 2.05) is 31.2 Å². The number of pyridine rings is 1. The van der Waals surface area contributed by atoms with Crippen LogP contribution in [0.2, 0.25) is 0 Å². The van der Waals surface area contributed by atoms with Crippen molar-refractivity contribution >= 4 is 39.8 Å². The number of aromatic nitrogens is 4. The fraction of sp³-hybridized carbons (Fsp3) is 0.360. The molecule has 11 heteroatoms. The van der Waals surface area contributed by atoms with Crippen LogP contribution >= 0.6 is 11.3 Å². The summed E-state index contributed by atoms with van der Waals surface area (Å²) in [5.41, 5.74) is 1.36. The lowest BCUT2D eigenvalue weighted by Gasteiger charge is -2.36. The van der Waals surface area contributed by atoms with Crippen molar-refractivity contribution < 1.29 is 18.8 Å². The van der Waals surface area contributed by atoms with E-state index in [-0.39, 0.29) is 23.0 Å². The van der Waals surface area contributed by atoms with Crippen molar-refractivity contribution in [3.05, 3.63) is 51.9 Å². The van der Waals surface area contributed by atoms with E-state index in [2.05, 4.69) is 30.7 Å². The van der Waals surface area contributed by atoms with Gasteiger partial charge in [-0.05, 0) is 43.7 Å². The van der Waals surface area contributed by atoms with Gasteiger partial charge in [0.25, 0.3) is 5.91 Å². The number of anilines is 1. The zero-order valence-electron chi connectivity index (χ0n) is 20.2. The molecule has 1 aromatic carbocycles. The van der Waals surface area contributed by atoms with Crippen molar-refractivity contribution in [1.82, 2.24) is 25.4 Å². The summed E-state index contributed by atoms with van der Waals surface area (Å²) in [5.74, 6) is 1.12. The average Bonchev–Trinajstić information content (AvgIpc) is 3.46. The van der Waals surface area contributed by atoms with Crippen molar-refractivity contribution in [2.45, 2.75) is 52.1 Å². The molecule has 10 nitrogen and oxygen atoms in total. The monoisotopic (exact) mass is 506 g/mol.